The van der Waals surface area contributed by atoms with E-state index >= 15 is 0 Å². The molecule has 0 atom stereocenters. The quantitative estimate of drug-likeness (QED) is 0.529. The first-order valence-corrected chi connectivity index (χ1v) is 10.4. The molecule has 3 aromatic carbocycles. The molecule has 5 nitrogen and oxygen atoms in total. The van der Waals surface area contributed by atoms with E-state index in [-0.39, 0.29) is 5.56 Å². The molecular weight excluding hydrogens is 433 g/mol. The van der Waals surface area contributed by atoms with Crippen molar-refractivity contribution in [3.63, 3.8) is 0 Å². The SMILES string of the molecule is COc1cc(-c2ccc(-c3cc(N4CCOCC4)[c]cc3C(F)(F)F)c(OC)c2)ccc1N. The zero-order chi connectivity index (χ0) is 23.6. The third-order valence-corrected chi connectivity index (χ3v) is 5.65. The number of halogens is 3. The van der Waals surface area contributed by atoms with Crippen molar-refractivity contribution in [2.45, 2.75) is 6.18 Å². The molecule has 3 aromatic rings. The molecule has 0 amide bonds. The van der Waals surface area contributed by atoms with Crippen LogP contribution in [-0.4, -0.2) is 40.5 Å². The number of rotatable bonds is 5. The van der Waals surface area contributed by atoms with E-state index in [9.17, 15) is 13.2 Å². The molecular formula is C25H24F3N2O3. The van der Waals surface area contributed by atoms with E-state index in [1.165, 1.54) is 20.3 Å². The molecule has 2 N–H and O–H groups in total. The summed E-state index contributed by atoms with van der Waals surface area (Å²) in [5.74, 6) is 0.844. The van der Waals surface area contributed by atoms with E-state index in [1.54, 1.807) is 30.3 Å². The lowest BCUT2D eigenvalue weighted by molar-refractivity contribution is -0.137. The van der Waals surface area contributed by atoms with Crippen LogP contribution in [0.5, 0.6) is 11.5 Å². The van der Waals surface area contributed by atoms with Crippen molar-refractivity contribution in [3.8, 4) is 33.8 Å². The molecule has 33 heavy (non-hydrogen) atoms. The zero-order valence-electron chi connectivity index (χ0n) is 18.3. The fraction of sp³-hybridized carbons (Fsp3) is 0.280. The van der Waals surface area contributed by atoms with Gasteiger partial charge in [-0.1, -0.05) is 18.2 Å². The number of nitrogens with two attached hydrogens (primary N) is 1. The molecule has 0 unspecified atom stereocenters. The van der Waals surface area contributed by atoms with Gasteiger partial charge in [-0.2, -0.15) is 13.2 Å². The maximum atomic E-state index is 13.9. The summed E-state index contributed by atoms with van der Waals surface area (Å²) in [5, 5.41) is 0. The van der Waals surface area contributed by atoms with Crippen LogP contribution in [0, 0.1) is 6.07 Å². The molecule has 0 aromatic heterocycles. The Labute approximate surface area is 190 Å². The Morgan fingerprint density at radius 1 is 0.909 bits per heavy atom. The van der Waals surface area contributed by atoms with Crippen LogP contribution in [0.15, 0.2) is 48.5 Å². The molecule has 0 bridgehead atoms. The standard InChI is InChI=1S/C25H24F3N2O3/c1-31-23-13-16(17-4-8-22(29)24(14-17)32-2)3-6-19(23)20-15-18(30-9-11-33-12-10-30)5-7-21(20)25(26,27)28/h3-4,6-8,13-15H,9-12,29H2,1-2H3. The molecule has 173 valence electrons. The van der Waals surface area contributed by atoms with Gasteiger partial charge in [0.1, 0.15) is 11.5 Å². The summed E-state index contributed by atoms with van der Waals surface area (Å²) in [6.45, 7) is 2.23. The van der Waals surface area contributed by atoms with Crippen molar-refractivity contribution in [1.82, 2.24) is 0 Å². The number of morpholine rings is 1. The largest absolute Gasteiger partial charge is 0.496 e. The lowest BCUT2D eigenvalue weighted by Gasteiger charge is -2.29. The molecule has 1 aliphatic rings. The summed E-state index contributed by atoms with van der Waals surface area (Å²) in [5.41, 5.74) is 8.18. The fourth-order valence-corrected chi connectivity index (χ4v) is 3.91. The first-order valence-electron chi connectivity index (χ1n) is 10.4. The van der Waals surface area contributed by atoms with E-state index in [1.807, 2.05) is 11.0 Å². The van der Waals surface area contributed by atoms with Crippen LogP contribution in [0.3, 0.4) is 0 Å². The van der Waals surface area contributed by atoms with Gasteiger partial charge in [0.15, 0.2) is 0 Å². The van der Waals surface area contributed by atoms with Gasteiger partial charge in [-0.25, -0.2) is 0 Å². The van der Waals surface area contributed by atoms with Crippen LogP contribution < -0.4 is 20.1 Å². The second-order valence-corrected chi connectivity index (χ2v) is 7.61. The molecule has 0 spiro atoms. The number of nitrogen functional groups attached to an aromatic ring is 1. The van der Waals surface area contributed by atoms with Gasteiger partial charge in [-0.05, 0) is 47.0 Å². The summed E-state index contributed by atoms with van der Waals surface area (Å²) in [7, 11) is 2.97. The van der Waals surface area contributed by atoms with E-state index < -0.39 is 11.7 Å². The number of nitrogens with zero attached hydrogens (tertiary/aromatic N) is 1. The van der Waals surface area contributed by atoms with Crippen LogP contribution in [0.4, 0.5) is 24.5 Å². The highest BCUT2D eigenvalue weighted by Crippen LogP contribution is 2.43. The maximum Gasteiger partial charge on any atom is 0.417 e. The Hall–Kier alpha value is -3.39. The van der Waals surface area contributed by atoms with Crippen molar-refractivity contribution >= 4 is 11.4 Å². The highest BCUT2D eigenvalue weighted by Gasteiger charge is 2.35. The fourth-order valence-electron chi connectivity index (χ4n) is 3.91. The average Bonchev–Trinajstić information content (AvgIpc) is 2.83. The average molecular weight is 457 g/mol. The minimum absolute atomic E-state index is 0.0426. The predicted molar refractivity (Wildman–Crippen MR) is 122 cm³/mol. The Morgan fingerprint density at radius 3 is 2.18 bits per heavy atom. The first-order chi connectivity index (χ1) is 15.8. The van der Waals surface area contributed by atoms with Crippen molar-refractivity contribution in [2.24, 2.45) is 0 Å². The van der Waals surface area contributed by atoms with E-state index in [0.29, 0.717) is 54.7 Å². The summed E-state index contributed by atoms with van der Waals surface area (Å²) in [4.78, 5) is 1.97. The second kappa shape index (κ2) is 9.23. The first kappa shape index (κ1) is 22.8. The third-order valence-electron chi connectivity index (χ3n) is 5.65. The monoisotopic (exact) mass is 457 g/mol. The summed E-state index contributed by atoms with van der Waals surface area (Å²) < 4.78 is 57.8. The van der Waals surface area contributed by atoms with Crippen molar-refractivity contribution < 1.29 is 27.4 Å². The smallest absolute Gasteiger partial charge is 0.417 e. The molecule has 1 radical (unpaired) electrons. The number of methoxy groups -OCH3 is 2. The van der Waals surface area contributed by atoms with Gasteiger partial charge in [0.2, 0.25) is 0 Å². The molecule has 0 saturated carbocycles. The van der Waals surface area contributed by atoms with Crippen LogP contribution >= 0.6 is 0 Å². The number of alkyl halides is 3. The molecule has 1 fully saturated rings. The molecule has 1 saturated heterocycles. The Balaban J connectivity index is 1.82. The maximum absolute atomic E-state index is 13.9. The van der Waals surface area contributed by atoms with Gasteiger partial charge < -0.3 is 24.8 Å². The number of ether oxygens (including phenoxy) is 3. The molecule has 1 heterocycles. The zero-order valence-corrected chi connectivity index (χ0v) is 18.3. The highest BCUT2D eigenvalue weighted by atomic mass is 19.4. The Bertz CT molecular complexity index is 1140. The minimum Gasteiger partial charge on any atom is -0.496 e. The summed E-state index contributed by atoms with van der Waals surface area (Å²) in [6, 6.07) is 15.8. The number of hydrogen-bond acceptors (Lipinski definition) is 5. The predicted octanol–water partition coefficient (Wildman–Crippen LogP) is 5.28. The number of anilines is 2. The van der Waals surface area contributed by atoms with Crippen LogP contribution in [0.1, 0.15) is 5.56 Å². The summed E-state index contributed by atoms with van der Waals surface area (Å²) >= 11 is 0. The molecule has 0 aliphatic carbocycles. The van der Waals surface area contributed by atoms with Crippen LogP contribution in [0.2, 0.25) is 0 Å². The molecule has 8 heteroatoms. The van der Waals surface area contributed by atoms with E-state index in [2.05, 4.69) is 6.07 Å². The van der Waals surface area contributed by atoms with Crippen molar-refractivity contribution in [2.75, 3.05) is 51.2 Å². The normalized spacial score (nSPS) is 14.3. The second-order valence-electron chi connectivity index (χ2n) is 7.61. The van der Waals surface area contributed by atoms with Gasteiger partial charge in [0, 0.05) is 30.4 Å². The van der Waals surface area contributed by atoms with Crippen molar-refractivity contribution in [3.05, 3.63) is 60.2 Å². The number of benzene rings is 3. The molecule has 4 rings (SSSR count). The van der Waals surface area contributed by atoms with Gasteiger partial charge in [0.25, 0.3) is 0 Å². The number of hydrogen-bond donors (Lipinski definition) is 1. The van der Waals surface area contributed by atoms with E-state index in [4.69, 9.17) is 19.9 Å². The van der Waals surface area contributed by atoms with Gasteiger partial charge in [0.05, 0.1) is 38.7 Å². The lowest BCUT2D eigenvalue weighted by Crippen LogP contribution is -2.36. The lowest BCUT2D eigenvalue weighted by atomic mass is 9.94. The van der Waals surface area contributed by atoms with Gasteiger partial charge in [-0.15, -0.1) is 0 Å². The van der Waals surface area contributed by atoms with Gasteiger partial charge in [-0.3, -0.25) is 0 Å². The minimum atomic E-state index is -4.54. The molecule has 1 aliphatic heterocycles. The topological polar surface area (TPSA) is 57.0 Å². The summed E-state index contributed by atoms with van der Waals surface area (Å²) in [6.07, 6.45) is -4.54. The third kappa shape index (κ3) is 4.71. The Morgan fingerprint density at radius 2 is 1.55 bits per heavy atom. The van der Waals surface area contributed by atoms with Crippen LogP contribution in [0.25, 0.3) is 22.3 Å². The highest BCUT2D eigenvalue weighted by molar-refractivity contribution is 5.81. The van der Waals surface area contributed by atoms with E-state index in [0.717, 1.165) is 17.2 Å². The van der Waals surface area contributed by atoms with Crippen molar-refractivity contribution in [1.29, 1.82) is 0 Å². The van der Waals surface area contributed by atoms with Crippen LogP contribution in [-0.2, 0) is 10.9 Å². The van der Waals surface area contributed by atoms with Gasteiger partial charge >= 0.3 is 6.18 Å². The Kier molecular flexibility index (Phi) is 6.37.